The highest BCUT2D eigenvalue weighted by Gasteiger charge is 2.17. The van der Waals surface area contributed by atoms with Crippen LogP contribution >= 0.6 is 15.9 Å². The topological polar surface area (TPSA) is 9.23 Å². The minimum absolute atomic E-state index is 0.238. The molecule has 1 atom stereocenters. The Bertz CT molecular complexity index is 613. The first kappa shape index (κ1) is 15.0. The Labute approximate surface area is 125 Å². The van der Waals surface area contributed by atoms with Gasteiger partial charge in [0.15, 0.2) is 0 Å². The van der Waals surface area contributed by atoms with Gasteiger partial charge in [0.05, 0.1) is 7.11 Å². The lowest BCUT2D eigenvalue weighted by Gasteiger charge is -2.15. The van der Waals surface area contributed by atoms with Crippen LogP contribution in [0.25, 0.3) is 0 Å². The summed E-state index contributed by atoms with van der Waals surface area (Å²) < 4.78 is 32.4. The van der Waals surface area contributed by atoms with Crippen LogP contribution < -0.4 is 4.74 Å². The van der Waals surface area contributed by atoms with Crippen LogP contribution in [0.3, 0.4) is 0 Å². The molecular formula is C16H15BrF2O. The number of ether oxygens (including phenoxy) is 1. The lowest BCUT2D eigenvalue weighted by atomic mass is 10.0. The number of para-hydroxylation sites is 1. The molecule has 0 spiro atoms. The predicted octanol–water partition coefficient (Wildman–Crippen LogP) is 4.96. The van der Waals surface area contributed by atoms with Gasteiger partial charge in [0.2, 0.25) is 0 Å². The van der Waals surface area contributed by atoms with Crippen LogP contribution in [0.15, 0.2) is 36.4 Å². The van der Waals surface area contributed by atoms with Crippen molar-refractivity contribution in [2.24, 2.45) is 0 Å². The molecule has 0 heterocycles. The summed E-state index contributed by atoms with van der Waals surface area (Å²) in [4.78, 5) is -0.238. The molecule has 1 nitrogen and oxygen atoms in total. The zero-order chi connectivity index (χ0) is 14.7. The molecule has 1 unspecified atom stereocenters. The van der Waals surface area contributed by atoms with Crippen LogP contribution in [0.1, 0.15) is 21.5 Å². The van der Waals surface area contributed by atoms with Gasteiger partial charge in [0.1, 0.15) is 17.4 Å². The second-order valence-corrected chi connectivity index (χ2v) is 5.71. The van der Waals surface area contributed by atoms with E-state index in [1.807, 2.05) is 24.3 Å². The van der Waals surface area contributed by atoms with Gasteiger partial charge in [0, 0.05) is 16.5 Å². The van der Waals surface area contributed by atoms with E-state index in [1.165, 1.54) is 0 Å². The summed E-state index contributed by atoms with van der Waals surface area (Å²) in [5.41, 5.74) is 1.86. The molecule has 0 amide bonds. The van der Waals surface area contributed by atoms with Crippen LogP contribution in [-0.4, -0.2) is 7.11 Å². The summed E-state index contributed by atoms with van der Waals surface area (Å²) in [7, 11) is 1.60. The van der Waals surface area contributed by atoms with Crippen molar-refractivity contribution < 1.29 is 13.5 Å². The van der Waals surface area contributed by atoms with Gasteiger partial charge in [-0.25, -0.2) is 8.78 Å². The molecule has 2 aromatic carbocycles. The Morgan fingerprint density at radius 2 is 1.85 bits per heavy atom. The Hall–Kier alpha value is -1.42. The Balaban J connectivity index is 2.28. The standard InChI is InChI=1S/C16H15BrF2O/c1-10-7-12(15(19)9-14(10)18)13(17)8-11-5-3-4-6-16(11)20-2/h3-7,9,13H,8H2,1-2H3. The highest BCUT2D eigenvalue weighted by molar-refractivity contribution is 9.09. The lowest BCUT2D eigenvalue weighted by Crippen LogP contribution is -2.02. The van der Waals surface area contributed by atoms with E-state index >= 15 is 0 Å². The average molecular weight is 341 g/mol. The quantitative estimate of drug-likeness (QED) is 0.714. The van der Waals surface area contributed by atoms with Crippen LogP contribution in [0, 0.1) is 18.6 Å². The maximum absolute atomic E-state index is 13.9. The molecule has 0 aliphatic rings. The fourth-order valence-corrected chi connectivity index (χ4v) is 2.79. The van der Waals surface area contributed by atoms with Gasteiger partial charge >= 0.3 is 0 Å². The maximum Gasteiger partial charge on any atom is 0.130 e. The molecule has 106 valence electrons. The van der Waals surface area contributed by atoms with Crippen molar-refractivity contribution in [1.82, 2.24) is 0 Å². The highest BCUT2D eigenvalue weighted by Crippen LogP contribution is 2.33. The van der Waals surface area contributed by atoms with Crippen molar-refractivity contribution >= 4 is 15.9 Å². The monoisotopic (exact) mass is 340 g/mol. The van der Waals surface area contributed by atoms with Gasteiger partial charge in [0.25, 0.3) is 0 Å². The maximum atomic E-state index is 13.9. The zero-order valence-electron chi connectivity index (χ0n) is 11.3. The molecule has 20 heavy (non-hydrogen) atoms. The van der Waals surface area contributed by atoms with E-state index in [0.29, 0.717) is 17.5 Å². The molecular weight excluding hydrogens is 326 g/mol. The largest absolute Gasteiger partial charge is 0.496 e. The van der Waals surface area contributed by atoms with Gasteiger partial charge in [-0.05, 0) is 36.6 Å². The van der Waals surface area contributed by atoms with Gasteiger partial charge in [-0.3, -0.25) is 0 Å². The summed E-state index contributed by atoms with van der Waals surface area (Å²) in [5.74, 6) is -0.302. The summed E-state index contributed by atoms with van der Waals surface area (Å²) >= 11 is 3.48. The van der Waals surface area contributed by atoms with Crippen LogP contribution in [0.2, 0.25) is 0 Å². The molecule has 0 N–H and O–H groups in total. The third kappa shape index (κ3) is 3.18. The summed E-state index contributed by atoms with van der Waals surface area (Å²) in [6, 6.07) is 10.1. The third-order valence-electron chi connectivity index (χ3n) is 3.21. The molecule has 0 aromatic heterocycles. The number of aryl methyl sites for hydroxylation is 1. The first-order valence-corrected chi connectivity index (χ1v) is 7.16. The van der Waals surface area contributed by atoms with Gasteiger partial charge in [-0.2, -0.15) is 0 Å². The Morgan fingerprint density at radius 1 is 1.15 bits per heavy atom. The van der Waals surface area contributed by atoms with Crippen molar-refractivity contribution in [1.29, 1.82) is 0 Å². The lowest BCUT2D eigenvalue weighted by molar-refractivity contribution is 0.409. The second-order valence-electron chi connectivity index (χ2n) is 4.61. The highest BCUT2D eigenvalue weighted by atomic mass is 79.9. The molecule has 4 heteroatoms. The third-order valence-corrected chi connectivity index (χ3v) is 4.02. The smallest absolute Gasteiger partial charge is 0.130 e. The molecule has 0 aliphatic heterocycles. The number of hydrogen-bond acceptors (Lipinski definition) is 1. The number of hydrogen-bond donors (Lipinski definition) is 0. The molecule has 0 fully saturated rings. The van der Waals surface area contributed by atoms with Crippen molar-refractivity contribution in [2.75, 3.05) is 7.11 Å². The molecule has 0 bridgehead atoms. The van der Waals surface area contributed by atoms with Crippen LogP contribution in [-0.2, 0) is 6.42 Å². The Morgan fingerprint density at radius 3 is 2.55 bits per heavy atom. The van der Waals surface area contributed by atoms with Gasteiger partial charge in [-0.1, -0.05) is 34.1 Å². The van der Waals surface area contributed by atoms with E-state index in [4.69, 9.17) is 4.74 Å². The van der Waals surface area contributed by atoms with Crippen molar-refractivity contribution in [3.05, 3.63) is 64.7 Å². The summed E-state index contributed by atoms with van der Waals surface area (Å²) in [5, 5.41) is 0. The Kier molecular flexibility index (Phi) is 4.76. The first-order chi connectivity index (χ1) is 9.52. The number of alkyl halides is 1. The summed E-state index contributed by atoms with van der Waals surface area (Å²) in [6.45, 7) is 1.63. The normalized spacial score (nSPS) is 12.2. The van der Waals surface area contributed by atoms with E-state index in [0.717, 1.165) is 17.4 Å². The number of benzene rings is 2. The minimum Gasteiger partial charge on any atom is -0.496 e. The van der Waals surface area contributed by atoms with Crippen molar-refractivity contribution in [2.45, 2.75) is 18.2 Å². The van der Waals surface area contributed by atoms with E-state index in [9.17, 15) is 8.78 Å². The molecule has 2 aromatic rings. The van der Waals surface area contributed by atoms with E-state index in [2.05, 4.69) is 15.9 Å². The molecule has 2 rings (SSSR count). The van der Waals surface area contributed by atoms with Crippen LogP contribution in [0.5, 0.6) is 5.75 Å². The number of rotatable bonds is 4. The molecule has 0 aliphatic carbocycles. The van der Waals surface area contributed by atoms with E-state index in [-0.39, 0.29) is 4.83 Å². The van der Waals surface area contributed by atoms with Crippen molar-refractivity contribution in [3.8, 4) is 5.75 Å². The number of methoxy groups -OCH3 is 1. The van der Waals surface area contributed by atoms with E-state index < -0.39 is 11.6 Å². The zero-order valence-corrected chi connectivity index (χ0v) is 12.9. The fourth-order valence-electron chi connectivity index (χ4n) is 2.09. The van der Waals surface area contributed by atoms with Gasteiger partial charge in [-0.15, -0.1) is 0 Å². The van der Waals surface area contributed by atoms with Crippen molar-refractivity contribution in [3.63, 3.8) is 0 Å². The summed E-state index contributed by atoms with van der Waals surface area (Å²) in [6.07, 6.45) is 0.562. The van der Waals surface area contributed by atoms with E-state index in [1.54, 1.807) is 20.1 Å². The molecule has 0 saturated heterocycles. The van der Waals surface area contributed by atoms with Gasteiger partial charge < -0.3 is 4.74 Å². The first-order valence-electron chi connectivity index (χ1n) is 6.24. The predicted molar refractivity (Wildman–Crippen MR) is 79.5 cm³/mol. The molecule has 0 radical (unpaired) electrons. The second kappa shape index (κ2) is 6.35. The van der Waals surface area contributed by atoms with Crippen LogP contribution in [0.4, 0.5) is 8.78 Å². The SMILES string of the molecule is COc1ccccc1CC(Br)c1cc(C)c(F)cc1F. The minimum atomic E-state index is -0.537. The average Bonchev–Trinajstić information content (AvgIpc) is 2.43. The fraction of sp³-hybridized carbons (Fsp3) is 0.250. The number of halogens is 3. The molecule has 0 saturated carbocycles.